The Labute approximate surface area is 199 Å². The highest BCUT2D eigenvalue weighted by Gasteiger charge is 2.25. The summed E-state index contributed by atoms with van der Waals surface area (Å²) in [7, 11) is 0. The normalized spacial score (nSPS) is 13.1. The first-order chi connectivity index (χ1) is 15.5. The molecule has 0 saturated heterocycles. The quantitative estimate of drug-likeness (QED) is 0.251. The molecule has 0 aliphatic heterocycles. The molecule has 0 unspecified atom stereocenters. The fourth-order valence-corrected chi connectivity index (χ4v) is 5.35. The Bertz CT molecular complexity index is 1170. The SMILES string of the molecule is CC(=O)Oc1ccc(Br)cc1C=Nc1sc2c(c1C(=O)NCc1ccccc1)CCCC2. The maximum Gasteiger partial charge on any atom is 0.308 e. The van der Waals surface area contributed by atoms with Crippen LogP contribution in [0.15, 0.2) is 58.0 Å². The standard InChI is InChI=1S/C25H23BrN2O3S/c1-16(29)31-21-12-11-19(26)13-18(21)15-28-25-23(20-9-5-6-10-22(20)32-25)24(30)27-14-17-7-3-2-4-8-17/h2-4,7-8,11-13,15H,5-6,9-10,14H2,1H3,(H,27,30). The number of amides is 1. The minimum absolute atomic E-state index is 0.102. The van der Waals surface area contributed by atoms with Crippen LogP contribution in [-0.4, -0.2) is 18.1 Å². The molecule has 7 heteroatoms. The lowest BCUT2D eigenvalue weighted by atomic mass is 9.95. The van der Waals surface area contributed by atoms with Gasteiger partial charge in [-0.05, 0) is 55.0 Å². The maximum atomic E-state index is 13.2. The zero-order chi connectivity index (χ0) is 22.5. The number of aliphatic imine (C=N–C) groups is 1. The van der Waals surface area contributed by atoms with Crippen molar-refractivity contribution >= 4 is 50.4 Å². The van der Waals surface area contributed by atoms with E-state index in [0.29, 0.717) is 28.4 Å². The van der Waals surface area contributed by atoms with E-state index in [0.717, 1.165) is 41.3 Å². The minimum atomic E-state index is -0.394. The minimum Gasteiger partial charge on any atom is -0.426 e. The van der Waals surface area contributed by atoms with Gasteiger partial charge in [-0.25, -0.2) is 4.99 Å². The van der Waals surface area contributed by atoms with Crippen LogP contribution in [0.1, 0.15) is 51.7 Å². The van der Waals surface area contributed by atoms with Crippen molar-refractivity contribution in [3.63, 3.8) is 0 Å². The molecule has 1 aliphatic rings. The molecule has 0 fully saturated rings. The number of carbonyl (C=O) groups excluding carboxylic acids is 2. The van der Waals surface area contributed by atoms with Crippen molar-refractivity contribution < 1.29 is 14.3 Å². The van der Waals surface area contributed by atoms with Crippen LogP contribution in [0.4, 0.5) is 5.00 Å². The van der Waals surface area contributed by atoms with Gasteiger partial charge in [0.15, 0.2) is 0 Å². The van der Waals surface area contributed by atoms with Crippen molar-refractivity contribution in [3.8, 4) is 5.75 Å². The van der Waals surface area contributed by atoms with Gasteiger partial charge in [-0.2, -0.15) is 0 Å². The highest BCUT2D eigenvalue weighted by molar-refractivity contribution is 9.10. The third-order valence-corrected chi connectivity index (χ3v) is 6.92. The molecule has 32 heavy (non-hydrogen) atoms. The molecule has 4 rings (SSSR count). The van der Waals surface area contributed by atoms with E-state index in [1.54, 1.807) is 23.6 Å². The van der Waals surface area contributed by atoms with Gasteiger partial charge in [0, 0.05) is 34.6 Å². The molecule has 0 spiro atoms. The molecule has 1 aliphatic carbocycles. The van der Waals surface area contributed by atoms with Crippen LogP contribution in [0.2, 0.25) is 0 Å². The number of fused-ring (bicyclic) bond motifs is 1. The molecule has 1 N–H and O–H groups in total. The summed E-state index contributed by atoms with van der Waals surface area (Å²) < 4.78 is 6.16. The average Bonchev–Trinajstić information content (AvgIpc) is 3.16. The lowest BCUT2D eigenvalue weighted by Gasteiger charge is -2.13. The first-order valence-corrected chi connectivity index (χ1v) is 12.1. The molecular weight excluding hydrogens is 488 g/mol. The number of esters is 1. The van der Waals surface area contributed by atoms with E-state index in [2.05, 4.69) is 26.2 Å². The Balaban J connectivity index is 1.64. The van der Waals surface area contributed by atoms with Crippen LogP contribution in [0.25, 0.3) is 0 Å². The van der Waals surface area contributed by atoms with Crippen molar-refractivity contribution in [3.05, 3.63) is 80.1 Å². The summed E-state index contributed by atoms with van der Waals surface area (Å²) in [5.41, 5.74) is 3.50. The van der Waals surface area contributed by atoms with E-state index in [4.69, 9.17) is 4.74 Å². The van der Waals surface area contributed by atoms with Gasteiger partial charge in [-0.15, -0.1) is 11.3 Å². The number of nitrogens with one attached hydrogen (secondary N) is 1. The fourth-order valence-electron chi connectivity index (χ4n) is 3.74. The van der Waals surface area contributed by atoms with Gasteiger partial charge in [0.05, 0.1) is 5.56 Å². The maximum absolute atomic E-state index is 13.2. The molecule has 1 heterocycles. The Morgan fingerprint density at radius 1 is 1.16 bits per heavy atom. The predicted octanol–water partition coefficient (Wildman–Crippen LogP) is 6.00. The summed E-state index contributed by atoms with van der Waals surface area (Å²) in [4.78, 5) is 30.6. The topological polar surface area (TPSA) is 67.8 Å². The smallest absolute Gasteiger partial charge is 0.308 e. The monoisotopic (exact) mass is 510 g/mol. The largest absolute Gasteiger partial charge is 0.426 e. The highest BCUT2D eigenvalue weighted by Crippen LogP contribution is 2.40. The third-order valence-electron chi connectivity index (χ3n) is 5.22. The van der Waals surface area contributed by atoms with Crippen LogP contribution >= 0.6 is 27.3 Å². The van der Waals surface area contributed by atoms with Gasteiger partial charge in [0.25, 0.3) is 5.91 Å². The number of nitrogens with zero attached hydrogens (tertiary/aromatic N) is 1. The summed E-state index contributed by atoms with van der Waals surface area (Å²) in [6.45, 7) is 1.83. The molecule has 5 nitrogen and oxygen atoms in total. The second kappa shape index (κ2) is 10.2. The first-order valence-electron chi connectivity index (χ1n) is 10.5. The van der Waals surface area contributed by atoms with E-state index < -0.39 is 5.97 Å². The Morgan fingerprint density at radius 2 is 1.94 bits per heavy atom. The molecule has 0 saturated carbocycles. The fraction of sp³-hybridized carbons (Fsp3) is 0.240. The van der Waals surface area contributed by atoms with Crippen molar-refractivity contribution in [1.29, 1.82) is 0 Å². The molecule has 0 radical (unpaired) electrons. The molecular formula is C25H23BrN2O3S. The van der Waals surface area contributed by atoms with E-state index in [1.807, 2.05) is 42.5 Å². The van der Waals surface area contributed by atoms with Gasteiger partial charge < -0.3 is 10.1 Å². The van der Waals surface area contributed by atoms with Crippen molar-refractivity contribution in [1.82, 2.24) is 5.32 Å². The van der Waals surface area contributed by atoms with Crippen molar-refractivity contribution in [2.24, 2.45) is 4.99 Å². The summed E-state index contributed by atoms with van der Waals surface area (Å²) in [5.74, 6) is -0.0646. The molecule has 1 aromatic heterocycles. The average molecular weight is 511 g/mol. The van der Waals surface area contributed by atoms with Crippen molar-refractivity contribution in [2.75, 3.05) is 0 Å². The zero-order valence-corrected chi connectivity index (χ0v) is 20.1. The number of benzene rings is 2. The van der Waals surface area contributed by atoms with Crippen LogP contribution in [-0.2, 0) is 24.2 Å². The molecule has 164 valence electrons. The van der Waals surface area contributed by atoms with E-state index in [9.17, 15) is 9.59 Å². The number of thiophene rings is 1. The predicted molar refractivity (Wildman–Crippen MR) is 131 cm³/mol. The summed E-state index contributed by atoms with van der Waals surface area (Å²) >= 11 is 5.03. The zero-order valence-electron chi connectivity index (χ0n) is 17.7. The summed E-state index contributed by atoms with van der Waals surface area (Å²) in [5, 5.41) is 3.74. The molecule has 3 aromatic rings. The number of hydrogen-bond acceptors (Lipinski definition) is 5. The third kappa shape index (κ3) is 5.34. The van der Waals surface area contributed by atoms with Crippen LogP contribution < -0.4 is 10.1 Å². The van der Waals surface area contributed by atoms with Crippen LogP contribution in [0.3, 0.4) is 0 Å². The molecule has 1 amide bonds. The lowest BCUT2D eigenvalue weighted by molar-refractivity contribution is -0.131. The number of aryl methyl sites for hydroxylation is 1. The lowest BCUT2D eigenvalue weighted by Crippen LogP contribution is -2.24. The number of halogens is 1. The number of hydrogen-bond donors (Lipinski definition) is 1. The summed E-state index contributed by atoms with van der Waals surface area (Å²) in [6, 6.07) is 15.2. The number of ether oxygens (including phenoxy) is 1. The van der Waals surface area contributed by atoms with Gasteiger partial charge in [-0.3, -0.25) is 9.59 Å². The molecule has 2 aromatic carbocycles. The Morgan fingerprint density at radius 3 is 2.72 bits per heavy atom. The Kier molecular flexibility index (Phi) is 7.17. The second-order valence-electron chi connectivity index (χ2n) is 7.59. The van der Waals surface area contributed by atoms with Gasteiger partial charge in [-0.1, -0.05) is 46.3 Å². The first kappa shape index (κ1) is 22.4. The van der Waals surface area contributed by atoms with Crippen LogP contribution in [0, 0.1) is 0 Å². The van der Waals surface area contributed by atoms with Crippen LogP contribution in [0.5, 0.6) is 5.75 Å². The second-order valence-corrected chi connectivity index (χ2v) is 9.59. The summed E-state index contributed by atoms with van der Waals surface area (Å²) in [6.07, 6.45) is 5.74. The van der Waals surface area contributed by atoms with Gasteiger partial charge in [0.2, 0.25) is 0 Å². The molecule has 0 atom stereocenters. The Hall–Kier alpha value is -2.77. The van der Waals surface area contributed by atoms with Crippen molar-refractivity contribution in [2.45, 2.75) is 39.2 Å². The number of rotatable bonds is 6. The van der Waals surface area contributed by atoms with E-state index >= 15 is 0 Å². The number of carbonyl (C=O) groups is 2. The van der Waals surface area contributed by atoms with Gasteiger partial charge in [0.1, 0.15) is 10.8 Å². The van der Waals surface area contributed by atoms with E-state index in [-0.39, 0.29) is 5.91 Å². The highest BCUT2D eigenvalue weighted by atomic mass is 79.9. The molecule has 0 bridgehead atoms. The van der Waals surface area contributed by atoms with E-state index in [1.165, 1.54) is 11.8 Å². The van der Waals surface area contributed by atoms with Gasteiger partial charge >= 0.3 is 5.97 Å².